The molecule has 148 valence electrons. The number of rotatable bonds is 7. The van der Waals surface area contributed by atoms with Crippen LogP contribution in [-0.2, 0) is 16.6 Å². The van der Waals surface area contributed by atoms with Gasteiger partial charge in [-0.15, -0.1) is 0 Å². The Labute approximate surface area is 166 Å². The van der Waals surface area contributed by atoms with Crippen LogP contribution in [0, 0.1) is 20.2 Å². The summed E-state index contributed by atoms with van der Waals surface area (Å²) in [6.07, 6.45) is 0. The van der Waals surface area contributed by atoms with Gasteiger partial charge in [0.15, 0.2) is 0 Å². The first-order valence-corrected chi connectivity index (χ1v) is 9.78. The number of nitrogens with zero attached hydrogens (tertiary/aromatic N) is 3. The number of sulfonamides is 1. The average Bonchev–Trinajstić information content (AvgIpc) is 2.73. The van der Waals surface area contributed by atoms with Crippen LogP contribution in [0.1, 0.15) is 5.56 Å². The molecule has 0 bridgehead atoms. The van der Waals surface area contributed by atoms with E-state index in [9.17, 15) is 28.6 Å². The summed E-state index contributed by atoms with van der Waals surface area (Å²) in [5.74, 6) is 0. The molecule has 0 heterocycles. The zero-order valence-electron chi connectivity index (χ0n) is 14.9. The van der Waals surface area contributed by atoms with E-state index in [2.05, 4.69) is 0 Å². The molecule has 0 fully saturated rings. The first-order chi connectivity index (χ1) is 13.8. The summed E-state index contributed by atoms with van der Waals surface area (Å²) in [6, 6.07) is 18.9. The van der Waals surface area contributed by atoms with Crippen molar-refractivity contribution in [3.8, 4) is 0 Å². The van der Waals surface area contributed by atoms with Gasteiger partial charge in [0.25, 0.3) is 21.4 Å². The number of anilines is 1. The lowest BCUT2D eigenvalue weighted by molar-refractivity contribution is -0.394. The number of nitro groups is 2. The molecule has 0 spiro atoms. The molecule has 9 nitrogen and oxygen atoms in total. The fraction of sp³-hybridized carbons (Fsp3) is 0.0526. The van der Waals surface area contributed by atoms with E-state index in [0.29, 0.717) is 5.56 Å². The van der Waals surface area contributed by atoms with E-state index in [0.717, 1.165) is 22.5 Å². The minimum Gasteiger partial charge on any atom is -0.261 e. The second-order valence-corrected chi connectivity index (χ2v) is 7.89. The molecule has 0 saturated carbocycles. The zero-order valence-corrected chi connectivity index (χ0v) is 15.7. The van der Waals surface area contributed by atoms with Crippen molar-refractivity contribution in [1.29, 1.82) is 0 Å². The largest absolute Gasteiger partial charge is 0.278 e. The number of nitro benzene ring substituents is 2. The van der Waals surface area contributed by atoms with Gasteiger partial charge >= 0.3 is 0 Å². The topological polar surface area (TPSA) is 124 Å². The Balaban J connectivity index is 2.20. The van der Waals surface area contributed by atoms with E-state index >= 15 is 0 Å². The van der Waals surface area contributed by atoms with Gasteiger partial charge in [-0.2, -0.15) is 0 Å². The van der Waals surface area contributed by atoms with Crippen molar-refractivity contribution in [3.63, 3.8) is 0 Å². The summed E-state index contributed by atoms with van der Waals surface area (Å²) in [7, 11) is -4.15. The van der Waals surface area contributed by atoms with E-state index < -0.39 is 31.2 Å². The van der Waals surface area contributed by atoms with Crippen LogP contribution < -0.4 is 4.31 Å². The number of non-ortho nitro benzene ring substituents is 2. The summed E-state index contributed by atoms with van der Waals surface area (Å²) in [4.78, 5) is 20.9. The highest BCUT2D eigenvalue weighted by Gasteiger charge is 2.28. The van der Waals surface area contributed by atoms with E-state index in [1.807, 2.05) is 0 Å². The van der Waals surface area contributed by atoms with Gasteiger partial charge in [0.05, 0.1) is 33.0 Å². The van der Waals surface area contributed by atoms with Crippen LogP contribution in [0.2, 0.25) is 0 Å². The van der Waals surface area contributed by atoms with Crippen molar-refractivity contribution < 1.29 is 18.3 Å². The average molecular weight is 413 g/mol. The molecule has 0 unspecified atom stereocenters. The van der Waals surface area contributed by atoms with Crippen molar-refractivity contribution in [2.24, 2.45) is 0 Å². The maximum Gasteiger partial charge on any atom is 0.278 e. The molecule has 29 heavy (non-hydrogen) atoms. The van der Waals surface area contributed by atoms with Crippen LogP contribution in [-0.4, -0.2) is 18.3 Å². The molecule has 0 aliphatic rings. The molecule has 0 radical (unpaired) electrons. The summed E-state index contributed by atoms with van der Waals surface area (Å²) in [6.45, 7) is -0.156. The van der Waals surface area contributed by atoms with Gasteiger partial charge in [-0.05, 0) is 17.7 Å². The van der Waals surface area contributed by atoms with Crippen molar-refractivity contribution in [2.75, 3.05) is 4.31 Å². The molecular weight excluding hydrogens is 398 g/mol. The Bertz CT molecular complexity index is 1120. The lowest BCUT2D eigenvalue weighted by Gasteiger charge is -2.24. The first kappa shape index (κ1) is 20.0. The summed E-state index contributed by atoms with van der Waals surface area (Å²) < 4.78 is 27.5. The number of hydrogen-bond acceptors (Lipinski definition) is 6. The molecular formula is C19H15N3O6S. The lowest BCUT2D eigenvalue weighted by atomic mass is 10.2. The molecule has 3 rings (SSSR count). The van der Waals surface area contributed by atoms with E-state index in [-0.39, 0.29) is 17.1 Å². The molecule has 0 aromatic heterocycles. The fourth-order valence-electron chi connectivity index (χ4n) is 2.72. The minimum atomic E-state index is -4.15. The molecule has 0 N–H and O–H groups in total. The molecule has 0 aliphatic carbocycles. The normalized spacial score (nSPS) is 11.0. The third kappa shape index (κ3) is 4.38. The third-order valence-corrected chi connectivity index (χ3v) is 5.89. The predicted molar refractivity (Wildman–Crippen MR) is 106 cm³/mol. The minimum absolute atomic E-state index is 0.0370. The van der Waals surface area contributed by atoms with E-state index in [4.69, 9.17) is 0 Å². The molecule has 10 heteroatoms. The molecule has 0 amide bonds. The molecule has 0 saturated heterocycles. The van der Waals surface area contributed by atoms with E-state index in [1.165, 1.54) is 12.1 Å². The van der Waals surface area contributed by atoms with Crippen LogP contribution >= 0.6 is 0 Å². The highest BCUT2D eigenvalue weighted by Crippen LogP contribution is 2.32. The Morgan fingerprint density at radius 1 is 0.759 bits per heavy atom. The first-order valence-electron chi connectivity index (χ1n) is 8.34. The number of hydrogen-bond donors (Lipinski definition) is 0. The highest BCUT2D eigenvalue weighted by molar-refractivity contribution is 7.92. The quantitative estimate of drug-likeness (QED) is 0.427. The van der Waals surface area contributed by atoms with Gasteiger partial charge in [-0.1, -0.05) is 48.5 Å². The molecule has 0 aliphatic heterocycles. The molecule has 0 atom stereocenters. The SMILES string of the molecule is O=[N+]([O-])c1cc(N(Cc2ccccc2)S(=O)(=O)c2ccccc2)cc([N+](=O)[O-])c1. The summed E-state index contributed by atoms with van der Waals surface area (Å²) in [5, 5.41) is 22.5. The zero-order chi connectivity index (χ0) is 21.0. The van der Waals surface area contributed by atoms with Crippen LogP contribution in [0.25, 0.3) is 0 Å². The maximum atomic E-state index is 13.3. The Morgan fingerprint density at radius 2 is 1.24 bits per heavy atom. The van der Waals surface area contributed by atoms with Crippen molar-refractivity contribution in [2.45, 2.75) is 11.4 Å². The Morgan fingerprint density at radius 3 is 1.72 bits per heavy atom. The Hall–Kier alpha value is -3.79. The Kier molecular flexibility index (Phi) is 5.55. The third-order valence-electron chi connectivity index (χ3n) is 4.10. The van der Waals surface area contributed by atoms with Gasteiger partial charge in [-0.3, -0.25) is 24.5 Å². The van der Waals surface area contributed by atoms with Crippen LogP contribution in [0.4, 0.5) is 17.1 Å². The summed E-state index contributed by atoms with van der Waals surface area (Å²) >= 11 is 0. The molecule has 3 aromatic rings. The second kappa shape index (κ2) is 8.07. The standard InChI is InChI=1S/C19H15N3O6S/c23-21(24)17-11-16(12-18(13-17)22(25)26)20(14-15-7-3-1-4-8-15)29(27,28)19-9-5-2-6-10-19/h1-13H,14H2. The lowest BCUT2D eigenvalue weighted by Crippen LogP contribution is -2.30. The van der Waals surface area contributed by atoms with Crippen molar-refractivity contribution >= 4 is 27.1 Å². The van der Waals surface area contributed by atoms with Gasteiger partial charge in [-0.25, -0.2) is 8.42 Å². The van der Waals surface area contributed by atoms with Gasteiger partial charge in [0, 0.05) is 12.1 Å². The van der Waals surface area contributed by atoms with Crippen LogP contribution in [0.15, 0.2) is 83.8 Å². The second-order valence-electron chi connectivity index (χ2n) is 6.03. The van der Waals surface area contributed by atoms with Gasteiger partial charge in [0.1, 0.15) is 0 Å². The predicted octanol–water partition coefficient (Wildman–Crippen LogP) is 3.90. The van der Waals surface area contributed by atoms with Crippen molar-refractivity contribution in [1.82, 2.24) is 0 Å². The van der Waals surface area contributed by atoms with E-state index in [1.54, 1.807) is 48.5 Å². The van der Waals surface area contributed by atoms with Crippen LogP contribution in [0.5, 0.6) is 0 Å². The smallest absolute Gasteiger partial charge is 0.261 e. The highest BCUT2D eigenvalue weighted by atomic mass is 32.2. The fourth-order valence-corrected chi connectivity index (χ4v) is 4.18. The van der Waals surface area contributed by atoms with Crippen molar-refractivity contribution in [3.05, 3.63) is 105 Å². The van der Waals surface area contributed by atoms with Gasteiger partial charge < -0.3 is 0 Å². The summed E-state index contributed by atoms with van der Waals surface area (Å²) in [5.41, 5.74) is -0.703. The molecule has 3 aromatic carbocycles. The van der Waals surface area contributed by atoms with Gasteiger partial charge in [0.2, 0.25) is 0 Å². The number of benzene rings is 3. The van der Waals surface area contributed by atoms with Crippen LogP contribution in [0.3, 0.4) is 0 Å². The maximum absolute atomic E-state index is 13.3. The monoisotopic (exact) mass is 413 g/mol.